The molecule has 3 heteroatoms. The van der Waals surface area contributed by atoms with E-state index in [9.17, 15) is 5.11 Å². The Morgan fingerprint density at radius 3 is 2.58 bits per heavy atom. The first kappa shape index (κ1) is 15.3. The van der Waals surface area contributed by atoms with Gasteiger partial charge in [0.15, 0.2) is 0 Å². The monoisotopic (exact) mass is 268 g/mol. The zero-order valence-corrected chi connectivity index (χ0v) is 12.8. The first-order valence-corrected chi connectivity index (χ1v) is 8.23. The maximum atomic E-state index is 10.6. The minimum atomic E-state index is -0.424. The predicted molar refractivity (Wildman–Crippen MR) is 80.3 cm³/mol. The Morgan fingerprint density at radius 2 is 1.95 bits per heavy atom. The molecule has 112 valence electrons. The Morgan fingerprint density at radius 1 is 1.21 bits per heavy atom. The van der Waals surface area contributed by atoms with E-state index in [-0.39, 0.29) is 0 Å². The molecule has 0 aromatic carbocycles. The molecule has 0 aromatic heterocycles. The van der Waals surface area contributed by atoms with Crippen molar-refractivity contribution in [3.05, 3.63) is 0 Å². The number of rotatable bonds is 5. The van der Waals surface area contributed by atoms with Gasteiger partial charge in [0.1, 0.15) is 0 Å². The topological polar surface area (TPSA) is 35.5 Å². The quantitative estimate of drug-likeness (QED) is 0.803. The second kappa shape index (κ2) is 7.05. The Kier molecular flexibility index (Phi) is 5.67. The zero-order chi connectivity index (χ0) is 13.7. The predicted octanol–water partition coefficient (Wildman–Crippen LogP) is 2.25. The smallest absolute Gasteiger partial charge is 0.0771 e. The van der Waals surface area contributed by atoms with E-state index in [1.54, 1.807) is 0 Å². The number of piperidine rings is 1. The largest absolute Gasteiger partial charge is 0.389 e. The second-order valence-electron chi connectivity index (χ2n) is 6.98. The van der Waals surface area contributed by atoms with Gasteiger partial charge in [-0.3, -0.25) is 0 Å². The first-order valence-electron chi connectivity index (χ1n) is 8.23. The van der Waals surface area contributed by atoms with Crippen LogP contribution in [0.5, 0.6) is 0 Å². The third kappa shape index (κ3) is 4.73. The molecular formula is C16H32N2O. The third-order valence-corrected chi connectivity index (χ3v) is 5.22. The number of hydrogen-bond donors (Lipinski definition) is 2. The summed E-state index contributed by atoms with van der Waals surface area (Å²) in [5, 5.41) is 14.1. The van der Waals surface area contributed by atoms with Gasteiger partial charge in [-0.1, -0.05) is 13.3 Å². The minimum absolute atomic E-state index is 0.424. The molecule has 0 amide bonds. The molecule has 2 aliphatic rings. The van der Waals surface area contributed by atoms with Crippen LogP contribution in [0.3, 0.4) is 0 Å². The molecule has 0 spiro atoms. The molecular weight excluding hydrogens is 236 g/mol. The van der Waals surface area contributed by atoms with Crippen LogP contribution in [0.2, 0.25) is 0 Å². The lowest BCUT2D eigenvalue weighted by Crippen LogP contribution is -2.46. The summed E-state index contributed by atoms with van der Waals surface area (Å²) in [4.78, 5) is 2.43. The molecule has 1 atom stereocenters. The van der Waals surface area contributed by atoms with E-state index in [2.05, 4.69) is 24.2 Å². The Balaban J connectivity index is 1.65. The van der Waals surface area contributed by atoms with Crippen LogP contribution in [0.1, 0.15) is 51.9 Å². The number of hydrogen-bond acceptors (Lipinski definition) is 3. The number of nitrogens with one attached hydrogen (secondary N) is 1. The molecule has 2 fully saturated rings. The molecule has 1 aliphatic carbocycles. The van der Waals surface area contributed by atoms with Crippen molar-refractivity contribution in [2.24, 2.45) is 11.8 Å². The minimum Gasteiger partial charge on any atom is -0.389 e. The van der Waals surface area contributed by atoms with Crippen LogP contribution in [0.15, 0.2) is 0 Å². The van der Waals surface area contributed by atoms with E-state index in [1.807, 2.05) is 0 Å². The highest BCUT2D eigenvalue weighted by Crippen LogP contribution is 2.33. The highest BCUT2D eigenvalue weighted by atomic mass is 16.3. The van der Waals surface area contributed by atoms with Crippen molar-refractivity contribution < 1.29 is 5.11 Å². The summed E-state index contributed by atoms with van der Waals surface area (Å²) in [6.07, 6.45) is 8.34. The summed E-state index contributed by atoms with van der Waals surface area (Å²) in [7, 11) is 2.21. The van der Waals surface area contributed by atoms with Crippen molar-refractivity contribution in [3.8, 4) is 0 Å². The number of nitrogens with zero attached hydrogens (tertiary/aromatic N) is 1. The lowest BCUT2D eigenvalue weighted by Gasteiger charge is -2.37. The summed E-state index contributed by atoms with van der Waals surface area (Å²) < 4.78 is 0. The number of likely N-dealkylation sites (tertiary alicyclic amines) is 1. The average Bonchev–Trinajstić information content (AvgIpc) is 2.40. The zero-order valence-electron chi connectivity index (χ0n) is 12.8. The van der Waals surface area contributed by atoms with E-state index in [0.29, 0.717) is 0 Å². The standard InChI is InChI=1S/C16H32N2O/c1-3-14-6-8-16(19,9-7-14)13-17-11-15-5-4-10-18(2)12-15/h14-15,17,19H,3-13H2,1-2H3. The van der Waals surface area contributed by atoms with Gasteiger partial charge in [-0.2, -0.15) is 0 Å². The fraction of sp³-hybridized carbons (Fsp3) is 1.00. The maximum absolute atomic E-state index is 10.6. The normalized spacial score (nSPS) is 37.4. The van der Waals surface area contributed by atoms with E-state index in [4.69, 9.17) is 0 Å². The van der Waals surface area contributed by atoms with E-state index in [1.165, 1.54) is 45.2 Å². The molecule has 2 N–H and O–H groups in total. The molecule has 1 heterocycles. The van der Waals surface area contributed by atoms with Crippen molar-refractivity contribution in [2.45, 2.75) is 57.5 Å². The highest BCUT2D eigenvalue weighted by molar-refractivity contribution is 4.87. The van der Waals surface area contributed by atoms with Gasteiger partial charge in [-0.25, -0.2) is 0 Å². The van der Waals surface area contributed by atoms with Crippen LogP contribution in [-0.4, -0.2) is 48.8 Å². The Bertz CT molecular complexity index is 261. The van der Waals surface area contributed by atoms with E-state index >= 15 is 0 Å². The van der Waals surface area contributed by atoms with Crippen molar-refractivity contribution in [1.82, 2.24) is 10.2 Å². The van der Waals surface area contributed by atoms with Crippen LogP contribution in [0, 0.1) is 11.8 Å². The van der Waals surface area contributed by atoms with Crippen LogP contribution in [0.4, 0.5) is 0 Å². The fourth-order valence-corrected chi connectivity index (χ4v) is 3.75. The van der Waals surface area contributed by atoms with Crippen molar-refractivity contribution in [2.75, 3.05) is 33.2 Å². The van der Waals surface area contributed by atoms with E-state index in [0.717, 1.165) is 37.8 Å². The lowest BCUT2D eigenvalue weighted by atomic mass is 9.78. The molecule has 0 radical (unpaired) electrons. The second-order valence-corrected chi connectivity index (χ2v) is 6.98. The molecule has 1 unspecified atom stereocenters. The van der Waals surface area contributed by atoms with Gasteiger partial charge in [0, 0.05) is 13.1 Å². The van der Waals surface area contributed by atoms with Crippen LogP contribution < -0.4 is 5.32 Å². The maximum Gasteiger partial charge on any atom is 0.0771 e. The highest BCUT2D eigenvalue weighted by Gasteiger charge is 2.32. The number of aliphatic hydroxyl groups is 1. The Labute approximate surface area is 118 Å². The van der Waals surface area contributed by atoms with Gasteiger partial charge in [0.2, 0.25) is 0 Å². The van der Waals surface area contributed by atoms with Gasteiger partial charge < -0.3 is 15.3 Å². The summed E-state index contributed by atoms with van der Waals surface area (Å²) in [5.41, 5.74) is -0.424. The van der Waals surface area contributed by atoms with Gasteiger partial charge in [0.05, 0.1) is 5.60 Å². The molecule has 1 saturated carbocycles. The van der Waals surface area contributed by atoms with Crippen LogP contribution in [-0.2, 0) is 0 Å². The Hall–Kier alpha value is -0.120. The van der Waals surface area contributed by atoms with Crippen LogP contribution >= 0.6 is 0 Å². The van der Waals surface area contributed by atoms with Crippen molar-refractivity contribution >= 4 is 0 Å². The summed E-state index contributed by atoms with van der Waals surface area (Å²) >= 11 is 0. The molecule has 3 nitrogen and oxygen atoms in total. The molecule has 0 bridgehead atoms. The third-order valence-electron chi connectivity index (χ3n) is 5.22. The fourth-order valence-electron chi connectivity index (χ4n) is 3.75. The van der Waals surface area contributed by atoms with Gasteiger partial charge in [0.25, 0.3) is 0 Å². The van der Waals surface area contributed by atoms with Gasteiger partial charge >= 0.3 is 0 Å². The summed E-state index contributed by atoms with van der Waals surface area (Å²) in [6, 6.07) is 0. The van der Waals surface area contributed by atoms with Gasteiger partial charge in [-0.15, -0.1) is 0 Å². The molecule has 0 aromatic rings. The molecule has 1 aliphatic heterocycles. The molecule has 2 rings (SSSR count). The SMILES string of the molecule is CCC1CCC(O)(CNCC2CCCN(C)C2)CC1. The van der Waals surface area contributed by atoms with Crippen LogP contribution in [0.25, 0.3) is 0 Å². The first-order chi connectivity index (χ1) is 9.11. The summed E-state index contributed by atoms with van der Waals surface area (Å²) in [6.45, 7) is 6.60. The van der Waals surface area contributed by atoms with Gasteiger partial charge in [-0.05, 0) is 70.5 Å². The average molecular weight is 268 g/mol. The lowest BCUT2D eigenvalue weighted by molar-refractivity contribution is -0.00958. The van der Waals surface area contributed by atoms with E-state index < -0.39 is 5.60 Å². The molecule has 1 saturated heterocycles. The summed E-state index contributed by atoms with van der Waals surface area (Å²) in [5.74, 6) is 1.63. The molecule has 19 heavy (non-hydrogen) atoms. The van der Waals surface area contributed by atoms with Crippen molar-refractivity contribution in [1.29, 1.82) is 0 Å². The van der Waals surface area contributed by atoms with Crippen molar-refractivity contribution in [3.63, 3.8) is 0 Å².